The highest BCUT2D eigenvalue weighted by Crippen LogP contribution is 2.25. The van der Waals surface area contributed by atoms with Gasteiger partial charge in [0.15, 0.2) is 11.5 Å². The molecule has 0 saturated heterocycles. The predicted octanol–water partition coefficient (Wildman–Crippen LogP) is 3.11. The molecule has 20 heavy (non-hydrogen) atoms. The number of hydrogen-bond acceptors (Lipinski definition) is 6. The van der Waals surface area contributed by atoms with Crippen LogP contribution in [-0.4, -0.2) is 19.2 Å². The fraction of sp³-hybridized carbons (Fsp3) is 0.214. The van der Waals surface area contributed by atoms with Crippen molar-refractivity contribution < 1.29 is 9.47 Å². The predicted molar refractivity (Wildman–Crippen MR) is 76.6 cm³/mol. The highest BCUT2D eigenvalue weighted by molar-refractivity contribution is 5.61. The van der Waals surface area contributed by atoms with E-state index in [1.807, 2.05) is 24.3 Å². The first-order chi connectivity index (χ1) is 9.76. The van der Waals surface area contributed by atoms with Crippen LogP contribution in [-0.2, 0) is 6.54 Å². The molecule has 0 aliphatic heterocycles. The van der Waals surface area contributed by atoms with Gasteiger partial charge < -0.3 is 14.8 Å². The van der Waals surface area contributed by atoms with Gasteiger partial charge in [-0.1, -0.05) is 12.1 Å². The van der Waals surface area contributed by atoms with Crippen molar-refractivity contribution in [1.82, 2.24) is 4.98 Å². The zero-order chi connectivity index (χ0) is 14.4. The molecule has 2 aromatic rings. The van der Waals surface area contributed by atoms with Gasteiger partial charge in [-0.15, -0.1) is 4.91 Å². The topological polar surface area (TPSA) is 72.8 Å². The van der Waals surface area contributed by atoms with Crippen molar-refractivity contribution in [3.63, 3.8) is 0 Å². The molecule has 0 aliphatic rings. The van der Waals surface area contributed by atoms with Gasteiger partial charge in [-0.05, 0) is 28.9 Å². The van der Waals surface area contributed by atoms with Crippen LogP contribution < -0.4 is 14.8 Å². The maximum Gasteiger partial charge on any atom is 0.215 e. The average molecular weight is 273 g/mol. The molecular weight excluding hydrogens is 258 g/mol. The summed E-state index contributed by atoms with van der Waals surface area (Å²) >= 11 is 0. The highest BCUT2D eigenvalue weighted by atomic mass is 16.5. The average Bonchev–Trinajstić information content (AvgIpc) is 2.53. The Kier molecular flexibility index (Phi) is 4.49. The van der Waals surface area contributed by atoms with Gasteiger partial charge in [0.05, 0.1) is 14.2 Å². The Hall–Kier alpha value is -2.63. The SMILES string of the molecule is COc1ccc(CNc2nc(OC)ccc2N=O)cc1. The number of ether oxygens (including phenoxy) is 2. The molecule has 0 unspecified atom stereocenters. The Morgan fingerprint density at radius 3 is 2.45 bits per heavy atom. The van der Waals surface area contributed by atoms with Crippen LogP contribution in [0.5, 0.6) is 11.6 Å². The number of nitrogens with zero attached hydrogens (tertiary/aromatic N) is 2. The number of hydrogen-bond donors (Lipinski definition) is 1. The number of pyridine rings is 1. The lowest BCUT2D eigenvalue weighted by molar-refractivity contribution is 0.398. The Morgan fingerprint density at radius 1 is 1.10 bits per heavy atom. The number of aromatic nitrogens is 1. The van der Waals surface area contributed by atoms with Gasteiger partial charge >= 0.3 is 0 Å². The highest BCUT2D eigenvalue weighted by Gasteiger charge is 2.06. The number of methoxy groups -OCH3 is 2. The standard InChI is InChI=1S/C14H15N3O3/c1-19-11-5-3-10(4-6-11)9-15-14-12(17-18)7-8-13(16-14)20-2/h3-8H,9H2,1-2H3,(H,15,16). The third-order valence-electron chi connectivity index (χ3n) is 2.77. The second-order valence-corrected chi connectivity index (χ2v) is 4.01. The van der Waals surface area contributed by atoms with Gasteiger partial charge in [0, 0.05) is 12.6 Å². The second-order valence-electron chi connectivity index (χ2n) is 4.01. The number of nitroso groups, excluding NO2 is 1. The fourth-order valence-electron chi connectivity index (χ4n) is 1.68. The number of rotatable bonds is 6. The summed E-state index contributed by atoms with van der Waals surface area (Å²) in [6.07, 6.45) is 0. The molecule has 0 fully saturated rings. The first kappa shape index (κ1) is 13.8. The molecule has 0 aliphatic carbocycles. The Morgan fingerprint density at radius 2 is 1.85 bits per heavy atom. The van der Waals surface area contributed by atoms with Crippen LogP contribution in [0.3, 0.4) is 0 Å². The normalized spacial score (nSPS) is 9.90. The van der Waals surface area contributed by atoms with E-state index >= 15 is 0 Å². The summed E-state index contributed by atoms with van der Waals surface area (Å²) in [7, 11) is 3.14. The molecule has 0 spiro atoms. The van der Waals surface area contributed by atoms with E-state index in [9.17, 15) is 4.91 Å². The molecule has 0 saturated carbocycles. The van der Waals surface area contributed by atoms with Crippen molar-refractivity contribution in [1.29, 1.82) is 0 Å². The molecule has 0 bridgehead atoms. The molecule has 0 atom stereocenters. The van der Waals surface area contributed by atoms with E-state index in [2.05, 4.69) is 15.5 Å². The molecular formula is C14H15N3O3. The molecule has 6 heteroatoms. The maximum absolute atomic E-state index is 10.7. The van der Waals surface area contributed by atoms with Gasteiger partial charge in [-0.3, -0.25) is 0 Å². The van der Waals surface area contributed by atoms with Crippen LogP contribution in [0, 0.1) is 4.91 Å². The zero-order valence-corrected chi connectivity index (χ0v) is 11.3. The molecule has 1 aromatic carbocycles. The minimum absolute atomic E-state index is 0.249. The third kappa shape index (κ3) is 3.23. The summed E-state index contributed by atoms with van der Waals surface area (Å²) in [6.45, 7) is 0.521. The lowest BCUT2D eigenvalue weighted by atomic mass is 10.2. The Labute approximate surface area is 116 Å². The maximum atomic E-state index is 10.7. The first-order valence-corrected chi connectivity index (χ1v) is 6.02. The van der Waals surface area contributed by atoms with E-state index in [4.69, 9.17) is 9.47 Å². The van der Waals surface area contributed by atoms with Crippen LogP contribution >= 0.6 is 0 Å². The summed E-state index contributed by atoms with van der Waals surface area (Å²) in [5.41, 5.74) is 1.28. The Balaban J connectivity index is 2.10. The second kappa shape index (κ2) is 6.51. The molecule has 0 amide bonds. The lowest BCUT2D eigenvalue weighted by Crippen LogP contribution is -2.02. The van der Waals surface area contributed by atoms with Crippen molar-refractivity contribution >= 4 is 11.5 Å². The zero-order valence-electron chi connectivity index (χ0n) is 11.3. The monoisotopic (exact) mass is 273 g/mol. The van der Waals surface area contributed by atoms with Crippen LogP contribution in [0.15, 0.2) is 41.6 Å². The van der Waals surface area contributed by atoms with Gasteiger partial charge in [0.2, 0.25) is 5.88 Å². The smallest absolute Gasteiger partial charge is 0.215 e. The van der Waals surface area contributed by atoms with Crippen LogP contribution in [0.25, 0.3) is 0 Å². The summed E-state index contributed by atoms with van der Waals surface area (Å²) in [5.74, 6) is 1.62. The van der Waals surface area contributed by atoms with Gasteiger partial charge in [0.1, 0.15) is 5.75 Å². The Bertz CT molecular complexity index is 585. The van der Waals surface area contributed by atoms with Crippen LogP contribution in [0.1, 0.15) is 5.56 Å². The van der Waals surface area contributed by atoms with E-state index in [0.717, 1.165) is 11.3 Å². The summed E-state index contributed by atoms with van der Waals surface area (Å²) in [5, 5.41) is 6.00. The number of nitrogens with one attached hydrogen (secondary N) is 1. The quantitative estimate of drug-likeness (QED) is 0.819. The largest absolute Gasteiger partial charge is 0.497 e. The van der Waals surface area contributed by atoms with Crippen LogP contribution in [0.2, 0.25) is 0 Å². The fourth-order valence-corrected chi connectivity index (χ4v) is 1.68. The van der Waals surface area contributed by atoms with Crippen LogP contribution in [0.4, 0.5) is 11.5 Å². The third-order valence-corrected chi connectivity index (χ3v) is 2.77. The minimum Gasteiger partial charge on any atom is -0.497 e. The molecule has 1 heterocycles. The number of benzene rings is 1. The van der Waals surface area contributed by atoms with Gasteiger partial charge in [-0.2, -0.15) is 4.98 Å². The van der Waals surface area contributed by atoms with Crippen molar-refractivity contribution in [2.45, 2.75) is 6.54 Å². The molecule has 1 aromatic heterocycles. The number of anilines is 1. The van der Waals surface area contributed by atoms with E-state index < -0.39 is 0 Å². The van der Waals surface area contributed by atoms with E-state index in [0.29, 0.717) is 18.2 Å². The molecule has 2 rings (SSSR count). The summed E-state index contributed by atoms with van der Waals surface area (Å²) < 4.78 is 10.1. The van der Waals surface area contributed by atoms with Crippen molar-refractivity contribution in [3.8, 4) is 11.6 Å². The lowest BCUT2D eigenvalue weighted by Gasteiger charge is -2.09. The van der Waals surface area contributed by atoms with Crippen molar-refractivity contribution in [2.24, 2.45) is 5.18 Å². The molecule has 0 radical (unpaired) electrons. The van der Waals surface area contributed by atoms with E-state index in [-0.39, 0.29) is 5.69 Å². The molecule has 104 valence electrons. The van der Waals surface area contributed by atoms with E-state index in [1.165, 1.54) is 7.11 Å². The van der Waals surface area contributed by atoms with Gasteiger partial charge in [-0.25, -0.2) is 0 Å². The molecule has 6 nitrogen and oxygen atoms in total. The van der Waals surface area contributed by atoms with Crippen molar-refractivity contribution in [2.75, 3.05) is 19.5 Å². The minimum atomic E-state index is 0.249. The van der Waals surface area contributed by atoms with E-state index in [1.54, 1.807) is 19.2 Å². The molecule has 1 N–H and O–H groups in total. The van der Waals surface area contributed by atoms with Gasteiger partial charge in [0.25, 0.3) is 0 Å². The van der Waals surface area contributed by atoms with Crippen molar-refractivity contribution in [3.05, 3.63) is 46.9 Å². The summed E-state index contributed by atoms with van der Waals surface area (Å²) in [4.78, 5) is 14.9. The summed E-state index contributed by atoms with van der Waals surface area (Å²) in [6, 6.07) is 10.8. The first-order valence-electron chi connectivity index (χ1n) is 6.02.